The van der Waals surface area contributed by atoms with Gasteiger partial charge in [-0.25, -0.2) is 9.89 Å². The van der Waals surface area contributed by atoms with Crippen molar-refractivity contribution in [2.75, 3.05) is 12.8 Å². The van der Waals surface area contributed by atoms with Crippen LogP contribution in [0.15, 0.2) is 9.95 Å². The Morgan fingerprint density at radius 2 is 2.32 bits per heavy atom. The van der Waals surface area contributed by atoms with Gasteiger partial charge in [-0.15, -0.1) is 5.10 Å². The first kappa shape index (κ1) is 15.8. The molecule has 0 spiro atoms. The highest BCUT2D eigenvalue weighted by Gasteiger charge is 2.28. The number of amides is 1. The summed E-state index contributed by atoms with van der Waals surface area (Å²) in [5.74, 6) is 0.416. The lowest BCUT2D eigenvalue weighted by Gasteiger charge is -2.25. The van der Waals surface area contributed by atoms with E-state index in [4.69, 9.17) is 5.73 Å². The lowest BCUT2D eigenvalue weighted by atomic mass is 9.96. The Morgan fingerprint density at radius 3 is 2.84 bits per heavy atom. The smallest absolute Gasteiger partial charge is 0.343 e. The second-order valence-electron chi connectivity index (χ2n) is 4.45. The maximum Gasteiger partial charge on any atom is 0.343 e. The van der Waals surface area contributed by atoms with Crippen molar-refractivity contribution in [3.05, 3.63) is 10.5 Å². The van der Waals surface area contributed by atoms with E-state index in [0.717, 1.165) is 12.2 Å². The monoisotopic (exact) mass is 287 g/mol. The third-order valence-electron chi connectivity index (χ3n) is 3.19. The number of carbonyl (C=O) groups excluding carboxylic acids is 1. The molecule has 1 unspecified atom stereocenters. The number of nitrogens with two attached hydrogens (primary N) is 1. The van der Waals surface area contributed by atoms with Crippen LogP contribution in [-0.4, -0.2) is 39.0 Å². The van der Waals surface area contributed by atoms with Crippen molar-refractivity contribution >= 4 is 17.7 Å². The molecule has 0 aliphatic carbocycles. The molecule has 19 heavy (non-hydrogen) atoms. The highest BCUT2D eigenvalue weighted by Crippen LogP contribution is 2.18. The zero-order valence-electron chi connectivity index (χ0n) is 11.5. The number of hydrogen-bond acceptors (Lipinski definition) is 5. The lowest BCUT2D eigenvalue weighted by molar-refractivity contribution is -0.123. The Bertz CT molecular complexity index is 484. The fourth-order valence-corrected chi connectivity index (χ4v) is 2.60. The van der Waals surface area contributed by atoms with Gasteiger partial charge in [-0.05, 0) is 33.7 Å². The van der Waals surface area contributed by atoms with E-state index in [0.29, 0.717) is 18.1 Å². The summed E-state index contributed by atoms with van der Waals surface area (Å²) in [5, 5.41) is 10.0. The summed E-state index contributed by atoms with van der Waals surface area (Å²) in [6.07, 6.45) is 1.45. The molecule has 1 amide bonds. The van der Waals surface area contributed by atoms with Gasteiger partial charge < -0.3 is 11.1 Å². The van der Waals surface area contributed by atoms with Crippen molar-refractivity contribution in [3.63, 3.8) is 0 Å². The van der Waals surface area contributed by atoms with Crippen LogP contribution in [-0.2, 0) is 11.3 Å². The van der Waals surface area contributed by atoms with E-state index >= 15 is 0 Å². The van der Waals surface area contributed by atoms with Crippen LogP contribution in [0.2, 0.25) is 0 Å². The van der Waals surface area contributed by atoms with Gasteiger partial charge in [0.15, 0.2) is 5.16 Å². The van der Waals surface area contributed by atoms with Crippen LogP contribution in [0.4, 0.5) is 0 Å². The summed E-state index contributed by atoms with van der Waals surface area (Å²) in [7, 11) is 1.72. The van der Waals surface area contributed by atoms with E-state index in [-0.39, 0.29) is 11.6 Å². The predicted molar refractivity (Wildman–Crippen MR) is 75.1 cm³/mol. The molecule has 108 valence electrons. The molecule has 0 fully saturated rings. The molecule has 0 saturated carbocycles. The van der Waals surface area contributed by atoms with Gasteiger partial charge in [0, 0.05) is 12.3 Å². The second kappa shape index (κ2) is 6.76. The number of rotatable bonds is 8. The fourth-order valence-electron chi connectivity index (χ4n) is 1.65. The summed E-state index contributed by atoms with van der Waals surface area (Å²) in [5.41, 5.74) is 4.48. The van der Waals surface area contributed by atoms with Crippen molar-refractivity contribution in [1.82, 2.24) is 20.1 Å². The fraction of sp³-hybridized carbons (Fsp3) is 0.727. The lowest BCUT2D eigenvalue weighted by Crippen LogP contribution is -2.51. The van der Waals surface area contributed by atoms with Crippen molar-refractivity contribution in [1.29, 1.82) is 0 Å². The number of thioether (sulfide) groups is 1. The van der Waals surface area contributed by atoms with E-state index in [1.807, 2.05) is 6.92 Å². The Morgan fingerprint density at radius 1 is 1.63 bits per heavy atom. The van der Waals surface area contributed by atoms with Crippen LogP contribution in [0.5, 0.6) is 0 Å². The number of hydrogen-bond donors (Lipinski definition) is 3. The number of carbonyl (C=O) groups is 1. The number of H-pyrrole nitrogens is 1. The highest BCUT2D eigenvalue weighted by molar-refractivity contribution is 7.99. The molecule has 1 rings (SSSR count). The minimum absolute atomic E-state index is 0.192. The summed E-state index contributed by atoms with van der Waals surface area (Å²) in [6, 6.07) is 0. The molecule has 1 aromatic heterocycles. The topological polar surface area (TPSA) is 106 Å². The molecule has 0 aliphatic rings. The maximum atomic E-state index is 11.4. The van der Waals surface area contributed by atoms with Gasteiger partial charge in [0.2, 0.25) is 5.91 Å². The number of likely N-dealkylation sites (N-methyl/N-ethyl adjacent to an activating group) is 1. The molecule has 0 aliphatic heterocycles. The quantitative estimate of drug-likeness (QED) is 0.458. The molecule has 0 radical (unpaired) electrons. The van der Waals surface area contributed by atoms with Crippen molar-refractivity contribution in [3.8, 4) is 0 Å². The van der Waals surface area contributed by atoms with Crippen LogP contribution in [0, 0.1) is 0 Å². The van der Waals surface area contributed by atoms with E-state index in [9.17, 15) is 9.59 Å². The van der Waals surface area contributed by atoms with Crippen molar-refractivity contribution in [2.45, 2.75) is 43.9 Å². The van der Waals surface area contributed by atoms with Gasteiger partial charge in [-0.1, -0.05) is 11.8 Å². The maximum absolute atomic E-state index is 11.4. The Kier molecular flexibility index (Phi) is 5.61. The second-order valence-corrected chi connectivity index (χ2v) is 5.52. The zero-order valence-corrected chi connectivity index (χ0v) is 12.3. The van der Waals surface area contributed by atoms with Gasteiger partial charge in [0.1, 0.15) is 0 Å². The van der Waals surface area contributed by atoms with Crippen LogP contribution in [0.25, 0.3) is 0 Å². The van der Waals surface area contributed by atoms with Crippen LogP contribution >= 0.6 is 11.8 Å². The third-order valence-corrected chi connectivity index (χ3v) is 4.25. The Labute approximate surface area is 116 Å². The first-order chi connectivity index (χ1) is 8.94. The SMILES string of the molecule is CCn1c(SCCCC(C)(NC)C(N)=O)n[nH]c1=O. The molecule has 1 heterocycles. The molecule has 4 N–H and O–H groups in total. The van der Waals surface area contributed by atoms with Crippen LogP contribution in [0.3, 0.4) is 0 Å². The zero-order chi connectivity index (χ0) is 14.5. The van der Waals surface area contributed by atoms with Gasteiger partial charge >= 0.3 is 5.69 Å². The van der Waals surface area contributed by atoms with Crippen LogP contribution < -0.4 is 16.7 Å². The van der Waals surface area contributed by atoms with Crippen molar-refractivity contribution < 1.29 is 4.79 Å². The Hall–Kier alpha value is -1.28. The molecular weight excluding hydrogens is 266 g/mol. The molecule has 8 heteroatoms. The summed E-state index contributed by atoms with van der Waals surface area (Å²) < 4.78 is 1.58. The molecule has 0 bridgehead atoms. The van der Waals surface area contributed by atoms with Gasteiger partial charge in [0.25, 0.3) is 0 Å². The highest BCUT2D eigenvalue weighted by atomic mass is 32.2. The first-order valence-corrected chi connectivity index (χ1v) is 7.20. The standard InChI is InChI=1S/C11H21N5O2S/c1-4-16-9(18)14-15-10(16)19-7-5-6-11(2,13-3)8(12)17/h13H,4-7H2,1-3H3,(H2,12,17)(H,14,18). The van der Waals surface area contributed by atoms with E-state index in [1.54, 1.807) is 18.5 Å². The predicted octanol–water partition coefficient (Wildman–Crippen LogP) is -0.0730. The van der Waals surface area contributed by atoms with E-state index in [1.165, 1.54) is 11.8 Å². The molecule has 7 nitrogen and oxygen atoms in total. The summed E-state index contributed by atoms with van der Waals surface area (Å²) >= 11 is 1.50. The van der Waals surface area contributed by atoms with E-state index < -0.39 is 5.54 Å². The molecule has 0 saturated heterocycles. The number of aromatic nitrogens is 3. The minimum atomic E-state index is -0.684. The average Bonchev–Trinajstić information content (AvgIpc) is 2.74. The number of aromatic amines is 1. The minimum Gasteiger partial charge on any atom is -0.368 e. The van der Waals surface area contributed by atoms with Gasteiger partial charge in [-0.2, -0.15) is 0 Å². The van der Waals surface area contributed by atoms with Gasteiger partial charge in [0.05, 0.1) is 5.54 Å². The Balaban J connectivity index is 2.47. The summed E-state index contributed by atoms with van der Waals surface area (Å²) in [6.45, 7) is 4.27. The van der Waals surface area contributed by atoms with Crippen molar-refractivity contribution in [2.24, 2.45) is 5.73 Å². The van der Waals surface area contributed by atoms with Crippen LogP contribution in [0.1, 0.15) is 26.7 Å². The van der Waals surface area contributed by atoms with Gasteiger partial charge in [-0.3, -0.25) is 9.36 Å². The third kappa shape index (κ3) is 3.84. The molecular formula is C11H21N5O2S. The van der Waals surface area contributed by atoms with E-state index in [2.05, 4.69) is 15.5 Å². The largest absolute Gasteiger partial charge is 0.368 e. The number of primary amides is 1. The first-order valence-electron chi connectivity index (χ1n) is 6.21. The number of nitrogens with zero attached hydrogens (tertiary/aromatic N) is 2. The molecule has 1 aromatic rings. The normalized spacial score (nSPS) is 14.3. The number of nitrogens with one attached hydrogen (secondary N) is 2. The molecule has 0 aromatic carbocycles. The summed E-state index contributed by atoms with van der Waals surface area (Å²) in [4.78, 5) is 22.7. The molecule has 1 atom stereocenters. The average molecular weight is 287 g/mol.